The van der Waals surface area contributed by atoms with E-state index >= 15 is 0 Å². The first-order valence-electron chi connectivity index (χ1n) is 7.43. The number of anilines is 1. The molecule has 0 atom stereocenters. The molecule has 0 aliphatic heterocycles. The van der Waals surface area contributed by atoms with Crippen molar-refractivity contribution >= 4 is 5.69 Å². The lowest BCUT2D eigenvalue weighted by Gasteiger charge is -2.26. The van der Waals surface area contributed by atoms with Crippen molar-refractivity contribution in [2.45, 2.75) is 41.2 Å². The van der Waals surface area contributed by atoms with Crippen molar-refractivity contribution in [3.63, 3.8) is 0 Å². The number of aromatic nitrogens is 1. The van der Waals surface area contributed by atoms with E-state index in [9.17, 15) is 0 Å². The minimum absolute atomic E-state index is 0.687. The standard InChI is InChI=1S/C16H29N3/c1-6-17-9-14-7-8-18-11-16(14)19-10-15(12(2)3)13(4)5/h7-8,11-13,15,17,19H,6,9-10H2,1-5H3. The maximum atomic E-state index is 4.23. The second kappa shape index (κ2) is 8.16. The predicted molar refractivity (Wildman–Crippen MR) is 83.3 cm³/mol. The smallest absolute Gasteiger partial charge is 0.0572 e. The molecule has 3 heteroatoms. The van der Waals surface area contributed by atoms with Crippen LogP contribution in [0.15, 0.2) is 18.5 Å². The van der Waals surface area contributed by atoms with Gasteiger partial charge in [0, 0.05) is 19.3 Å². The Balaban J connectivity index is 2.65. The van der Waals surface area contributed by atoms with Crippen LogP contribution in [0.2, 0.25) is 0 Å². The SMILES string of the molecule is CCNCc1ccncc1NCC(C(C)C)C(C)C. The molecule has 0 saturated heterocycles. The Morgan fingerprint density at radius 1 is 1.16 bits per heavy atom. The molecule has 0 radical (unpaired) electrons. The first kappa shape index (κ1) is 16.0. The lowest BCUT2D eigenvalue weighted by Crippen LogP contribution is -2.25. The number of nitrogens with zero attached hydrogens (tertiary/aromatic N) is 1. The van der Waals surface area contributed by atoms with E-state index in [1.54, 1.807) is 0 Å². The van der Waals surface area contributed by atoms with Crippen LogP contribution >= 0.6 is 0 Å². The van der Waals surface area contributed by atoms with Gasteiger partial charge < -0.3 is 10.6 Å². The summed E-state index contributed by atoms with van der Waals surface area (Å²) in [6.07, 6.45) is 3.80. The van der Waals surface area contributed by atoms with Crippen LogP contribution in [0.3, 0.4) is 0 Å². The van der Waals surface area contributed by atoms with Gasteiger partial charge >= 0.3 is 0 Å². The van der Waals surface area contributed by atoms with Crippen LogP contribution in [-0.4, -0.2) is 18.1 Å². The Morgan fingerprint density at radius 2 is 1.84 bits per heavy atom. The fraction of sp³-hybridized carbons (Fsp3) is 0.688. The number of nitrogens with one attached hydrogen (secondary N) is 2. The Morgan fingerprint density at radius 3 is 2.42 bits per heavy atom. The second-order valence-electron chi connectivity index (χ2n) is 5.85. The van der Waals surface area contributed by atoms with E-state index in [2.05, 4.69) is 56.3 Å². The largest absolute Gasteiger partial charge is 0.383 e. The fourth-order valence-electron chi connectivity index (χ4n) is 2.47. The van der Waals surface area contributed by atoms with E-state index in [4.69, 9.17) is 0 Å². The van der Waals surface area contributed by atoms with Gasteiger partial charge in [-0.05, 0) is 35.9 Å². The fourth-order valence-corrected chi connectivity index (χ4v) is 2.47. The summed E-state index contributed by atoms with van der Waals surface area (Å²) in [4.78, 5) is 4.23. The van der Waals surface area contributed by atoms with Crippen molar-refractivity contribution in [3.05, 3.63) is 24.0 Å². The van der Waals surface area contributed by atoms with Crippen LogP contribution in [0.4, 0.5) is 5.69 Å². The monoisotopic (exact) mass is 263 g/mol. The molecule has 0 aliphatic rings. The number of pyridine rings is 1. The highest BCUT2D eigenvalue weighted by molar-refractivity contribution is 5.48. The van der Waals surface area contributed by atoms with Gasteiger partial charge in [-0.1, -0.05) is 34.6 Å². The summed E-state index contributed by atoms with van der Waals surface area (Å²) < 4.78 is 0. The highest BCUT2D eigenvalue weighted by Crippen LogP contribution is 2.22. The Hall–Kier alpha value is -1.09. The van der Waals surface area contributed by atoms with Crippen LogP contribution < -0.4 is 10.6 Å². The predicted octanol–water partition coefficient (Wildman–Crippen LogP) is 3.53. The molecule has 0 amide bonds. The highest BCUT2D eigenvalue weighted by Gasteiger charge is 2.17. The first-order chi connectivity index (χ1) is 9.06. The molecule has 0 fully saturated rings. The van der Waals surface area contributed by atoms with Crippen LogP contribution in [0.25, 0.3) is 0 Å². The zero-order valence-corrected chi connectivity index (χ0v) is 13.0. The van der Waals surface area contributed by atoms with Crippen LogP contribution in [0.1, 0.15) is 40.2 Å². The zero-order chi connectivity index (χ0) is 14.3. The molecule has 1 heterocycles. The van der Waals surface area contributed by atoms with E-state index in [1.807, 2.05) is 12.4 Å². The molecular formula is C16H29N3. The van der Waals surface area contributed by atoms with E-state index in [1.165, 1.54) is 5.56 Å². The second-order valence-corrected chi connectivity index (χ2v) is 5.85. The highest BCUT2D eigenvalue weighted by atomic mass is 14.9. The minimum Gasteiger partial charge on any atom is -0.383 e. The van der Waals surface area contributed by atoms with Gasteiger partial charge in [-0.15, -0.1) is 0 Å². The van der Waals surface area contributed by atoms with Gasteiger partial charge in [-0.25, -0.2) is 0 Å². The van der Waals surface area contributed by atoms with Gasteiger partial charge in [-0.2, -0.15) is 0 Å². The lowest BCUT2D eigenvalue weighted by atomic mass is 9.85. The van der Waals surface area contributed by atoms with E-state index in [0.717, 1.165) is 25.3 Å². The molecule has 3 nitrogen and oxygen atoms in total. The summed E-state index contributed by atoms with van der Waals surface area (Å²) in [7, 11) is 0. The molecule has 108 valence electrons. The van der Waals surface area contributed by atoms with Crippen LogP contribution in [0.5, 0.6) is 0 Å². The van der Waals surface area contributed by atoms with Gasteiger partial charge in [0.05, 0.1) is 11.9 Å². The van der Waals surface area contributed by atoms with Crippen molar-refractivity contribution in [2.75, 3.05) is 18.4 Å². The molecule has 2 N–H and O–H groups in total. The molecule has 19 heavy (non-hydrogen) atoms. The number of hydrogen-bond donors (Lipinski definition) is 2. The third-order valence-electron chi connectivity index (χ3n) is 3.72. The number of rotatable bonds is 8. The quantitative estimate of drug-likeness (QED) is 0.753. The van der Waals surface area contributed by atoms with Crippen molar-refractivity contribution in [3.8, 4) is 0 Å². The van der Waals surface area contributed by atoms with Crippen molar-refractivity contribution in [2.24, 2.45) is 17.8 Å². The first-order valence-corrected chi connectivity index (χ1v) is 7.43. The van der Waals surface area contributed by atoms with Gasteiger partial charge in [0.15, 0.2) is 0 Å². The van der Waals surface area contributed by atoms with Gasteiger partial charge in [0.25, 0.3) is 0 Å². The van der Waals surface area contributed by atoms with Crippen LogP contribution in [0, 0.1) is 17.8 Å². The molecule has 0 unspecified atom stereocenters. The molecule has 1 rings (SSSR count). The van der Waals surface area contributed by atoms with Crippen molar-refractivity contribution in [1.82, 2.24) is 10.3 Å². The summed E-state index contributed by atoms with van der Waals surface area (Å²) in [6.45, 7) is 14.2. The average molecular weight is 263 g/mol. The normalized spacial score (nSPS) is 11.6. The van der Waals surface area contributed by atoms with Gasteiger partial charge in [0.2, 0.25) is 0 Å². The molecular weight excluding hydrogens is 234 g/mol. The van der Waals surface area contributed by atoms with Gasteiger partial charge in [-0.3, -0.25) is 4.98 Å². The summed E-state index contributed by atoms with van der Waals surface area (Å²) in [6, 6.07) is 2.09. The molecule has 0 bridgehead atoms. The maximum absolute atomic E-state index is 4.23. The molecule has 0 aliphatic carbocycles. The third kappa shape index (κ3) is 5.19. The summed E-state index contributed by atoms with van der Waals surface area (Å²) in [5, 5.41) is 6.95. The Bertz CT molecular complexity index is 353. The van der Waals surface area contributed by atoms with Gasteiger partial charge in [0.1, 0.15) is 0 Å². The Kier molecular flexibility index (Phi) is 6.85. The molecule has 0 spiro atoms. The minimum atomic E-state index is 0.687. The topological polar surface area (TPSA) is 37.0 Å². The summed E-state index contributed by atoms with van der Waals surface area (Å²) >= 11 is 0. The van der Waals surface area contributed by atoms with Crippen molar-refractivity contribution in [1.29, 1.82) is 0 Å². The van der Waals surface area contributed by atoms with E-state index in [0.29, 0.717) is 17.8 Å². The molecule has 1 aromatic heterocycles. The maximum Gasteiger partial charge on any atom is 0.0572 e. The summed E-state index contributed by atoms with van der Waals surface area (Å²) in [5.74, 6) is 2.08. The Labute approximate surface area is 118 Å². The van der Waals surface area contributed by atoms with E-state index in [-0.39, 0.29) is 0 Å². The zero-order valence-electron chi connectivity index (χ0n) is 13.0. The van der Waals surface area contributed by atoms with E-state index < -0.39 is 0 Å². The molecule has 0 saturated carbocycles. The van der Waals surface area contributed by atoms with Crippen LogP contribution in [-0.2, 0) is 6.54 Å². The summed E-state index contributed by atoms with van der Waals surface area (Å²) in [5.41, 5.74) is 2.46. The third-order valence-corrected chi connectivity index (χ3v) is 3.72. The number of hydrogen-bond acceptors (Lipinski definition) is 3. The molecule has 1 aromatic rings. The molecule has 0 aromatic carbocycles. The average Bonchev–Trinajstić information content (AvgIpc) is 2.37. The lowest BCUT2D eigenvalue weighted by molar-refractivity contribution is 0.304. The van der Waals surface area contributed by atoms with Crippen molar-refractivity contribution < 1.29 is 0 Å².